The molecule has 0 aromatic heterocycles. The Kier molecular flexibility index (Phi) is 6.25. The van der Waals surface area contributed by atoms with Crippen LogP contribution in [-0.2, 0) is 19.6 Å². The van der Waals surface area contributed by atoms with E-state index in [-0.39, 0.29) is 17.2 Å². The van der Waals surface area contributed by atoms with Gasteiger partial charge in [-0.3, -0.25) is 0 Å². The zero-order valence-corrected chi connectivity index (χ0v) is 14.9. The maximum Gasteiger partial charge on any atom is 0.357 e. The highest BCUT2D eigenvalue weighted by Crippen LogP contribution is 2.14. The van der Waals surface area contributed by atoms with E-state index in [1.165, 1.54) is 18.2 Å². The maximum atomic E-state index is 12.4. The van der Waals surface area contributed by atoms with Crippen LogP contribution in [0.5, 0.6) is 0 Å². The van der Waals surface area contributed by atoms with Gasteiger partial charge < -0.3 is 4.74 Å². The van der Waals surface area contributed by atoms with Crippen molar-refractivity contribution in [1.82, 2.24) is 0 Å². The first-order valence-corrected chi connectivity index (χ1v) is 9.18. The number of nitrogens with zero attached hydrogens (tertiary/aromatic N) is 1. The second-order valence-electron chi connectivity index (χ2n) is 5.23. The number of carbonyl (C=O) groups is 1. The molecule has 0 amide bonds. The van der Waals surface area contributed by atoms with Gasteiger partial charge in [0.2, 0.25) is 0 Å². The number of hydrogen-bond donors (Lipinski definition) is 0. The molecule has 0 atom stereocenters. The van der Waals surface area contributed by atoms with Gasteiger partial charge in [-0.15, -0.1) is 0 Å². The van der Waals surface area contributed by atoms with Gasteiger partial charge in [0.1, 0.15) is 0 Å². The van der Waals surface area contributed by atoms with E-state index < -0.39 is 16.0 Å². The van der Waals surface area contributed by atoms with Gasteiger partial charge in [0.15, 0.2) is 5.71 Å². The number of sulfonamides is 1. The fourth-order valence-electron chi connectivity index (χ4n) is 1.97. The smallest absolute Gasteiger partial charge is 0.357 e. The standard InChI is InChI=1S/C19H19NO4S/c1-3-24-19(21)18(14-11-16-7-5-4-6-8-16)20-25(22,23)17-12-9-15(2)10-13-17/h4-14H,3H2,1-2H3/b14-11+,20-18+. The quantitative estimate of drug-likeness (QED) is 0.587. The third-order valence-electron chi connectivity index (χ3n) is 3.26. The van der Waals surface area contributed by atoms with Gasteiger partial charge in [-0.1, -0.05) is 54.1 Å². The van der Waals surface area contributed by atoms with Crippen LogP contribution in [0.15, 0.2) is 70.0 Å². The summed E-state index contributed by atoms with van der Waals surface area (Å²) in [6, 6.07) is 15.4. The summed E-state index contributed by atoms with van der Waals surface area (Å²) in [5.41, 5.74) is 1.47. The minimum atomic E-state index is -4.01. The van der Waals surface area contributed by atoms with Gasteiger partial charge in [0.25, 0.3) is 10.0 Å². The molecule has 0 saturated carbocycles. The Morgan fingerprint density at radius 1 is 1.08 bits per heavy atom. The number of esters is 1. The molecule has 5 nitrogen and oxygen atoms in total. The second kappa shape index (κ2) is 8.39. The van der Waals surface area contributed by atoms with Crippen molar-refractivity contribution in [1.29, 1.82) is 0 Å². The third kappa shape index (κ3) is 5.39. The highest BCUT2D eigenvalue weighted by Gasteiger charge is 2.18. The molecule has 0 saturated heterocycles. The van der Waals surface area contributed by atoms with Crippen LogP contribution >= 0.6 is 0 Å². The molecule has 2 aromatic rings. The Balaban J connectivity index is 2.40. The summed E-state index contributed by atoms with van der Waals surface area (Å²) in [7, 11) is -4.01. The highest BCUT2D eigenvalue weighted by atomic mass is 32.2. The number of rotatable bonds is 6. The van der Waals surface area contributed by atoms with E-state index in [4.69, 9.17) is 4.74 Å². The van der Waals surface area contributed by atoms with Crippen LogP contribution in [0.2, 0.25) is 0 Å². The highest BCUT2D eigenvalue weighted by molar-refractivity contribution is 7.90. The van der Waals surface area contributed by atoms with E-state index in [0.717, 1.165) is 11.1 Å². The van der Waals surface area contributed by atoms with Crippen molar-refractivity contribution in [3.05, 3.63) is 71.8 Å². The Morgan fingerprint density at radius 2 is 1.72 bits per heavy atom. The molecule has 6 heteroatoms. The lowest BCUT2D eigenvalue weighted by Crippen LogP contribution is -2.17. The van der Waals surface area contributed by atoms with Gasteiger partial charge in [-0.25, -0.2) is 4.79 Å². The van der Waals surface area contributed by atoms with Crippen LogP contribution < -0.4 is 0 Å². The molecule has 0 N–H and O–H groups in total. The minimum Gasteiger partial charge on any atom is -0.461 e. The monoisotopic (exact) mass is 357 g/mol. The molecule has 0 spiro atoms. The van der Waals surface area contributed by atoms with Crippen molar-refractivity contribution in [3.63, 3.8) is 0 Å². The number of hydrogen-bond acceptors (Lipinski definition) is 4. The zero-order chi connectivity index (χ0) is 18.3. The predicted octanol–water partition coefficient (Wildman–Crippen LogP) is 3.40. The number of carbonyl (C=O) groups excluding carboxylic acids is 1. The molecule has 0 aliphatic heterocycles. The fourth-order valence-corrected chi connectivity index (χ4v) is 2.95. The predicted molar refractivity (Wildman–Crippen MR) is 97.9 cm³/mol. The van der Waals surface area contributed by atoms with Gasteiger partial charge in [-0.05, 0) is 37.6 Å². The molecule has 2 rings (SSSR count). The van der Waals surface area contributed by atoms with Crippen LogP contribution in [0, 0.1) is 6.92 Å². The lowest BCUT2D eigenvalue weighted by molar-refractivity contribution is -0.134. The summed E-state index contributed by atoms with van der Waals surface area (Å²) >= 11 is 0. The number of ether oxygens (including phenoxy) is 1. The molecule has 0 fully saturated rings. The largest absolute Gasteiger partial charge is 0.461 e. The molecule has 0 bridgehead atoms. The Hall–Kier alpha value is -2.73. The van der Waals surface area contributed by atoms with E-state index in [1.54, 1.807) is 25.1 Å². The summed E-state index contributed by atoms with van der Waals surface area (Å²) in [6.45, 7) is 3.62. The first-order valence-electron chi connectivity index (χ1n) is 7.74. The average Bonchev–Trinajstić information content (AvgIpc) is 2.60. The normalized spacial score (nSPS) is 12.3. The number of aryl methyl sites for hydroxylation is 1. The summed E-state index contributed by atoms with van der Waals surface area (Å²) in [6.07, 6.45) is 2.96. The molecule has 0 aliphatic carbocycles. The second-order valence-corrected chi connectivity index (χ2v) is 6.83. The van der Waals surface area contributed by atoms with Crippen molar-refractivity contribution in [2.45, 2.75) is 18.7 Å². The van der Waals surface area contributed by atoms with Gasteiger partial charge in [0.05, 0.1) is 11.5 Å². The van der Waals surface area contributed by atoms with E-state index in [0.29, 0.717) is 0 Å². The molecular weight excluding hydrogens is 338 g/mol. The van der Waals surface area contributed by atoms with Crippen molar-refractivity contribution in [2.75, 3.05) is 6.61 Å². The Labute approximate surface area is 147 Å². The van der Waals surface area contributed by atoms with E-state index in [1.807, 2.05) is 37.3 Å². The molecule has 25 heavy (non-hydrogen) atoms. The molecule has 0 unspecified atom stereocenters. The maximum absolute atomic E-state index is 12.4. The Bertz CT molecular complexity index is 883. The molecular formula is C19H19NO4S. The molecule has 0 aliphatic rings. The first-order chi connectivity index (χ1) is 11.9. The van der Waals surface area contributed by atoms with Crippen molar-refractivity contribution in [3.8, 4) is 0 Å². The molecule has 130 valence electrons. The van der Waals surface area contributed by atoms with E-state index in [9.17, 15) is 13.2 Å². The van der Waals surface area contributed by atoms with Crippen LogP contribution in [-0.4, -0.2) is 26.7 Å². The van der Waals surface area contributed by atoms with E-state index >= 15 is 0 Å². The SMILES string of the molecule is CCOC(=O)C(/C=C/c1ccccc1)=N/S(=O)(=O)c1ccc(C)cc1. The molecule has 0 radical (unpaired) electrons. The summed E-state index contributed by atoms with van der Waals surface area (Å²) < 4.78 is 33.5. The van der Waals surface area contributed by atoms with Crippen LogP contribution in [0.1, 0.15) is 18.1 Å². The van der Waals surface area contributed by atoms with Crippen molar-refractivity contribution in [2.24, 2.45) is 4.40 Å². The molecule has 0 heterocycles. The topological polar surface area (TPSA) is 72.8 Å². The van der Waals surface area contributed by atoms with E-state index in [2.05, 4.69) is 4.40 Å². The van der Waals surface area contributed by atoms with Gasteiger partial charge >= 0.3 is 5.97 Å². The summed E-state index contributed by atoms with van der Waals surface area (Å²) in [5.74, 6) is -0.787. The third-order valence-corrected chi connectivity index (χ3v) is 4.56. The average molecular weight is 357 g/mol. The first kappa shape index (κ1) is 18.6. The van der Waals surface area contributed by atoms with Gasteiger partial charge in [0, 0.05) is 0 Å². The zero-order valence-electron chi connectivity index (χ0n) is 14.0. The molecule has 2 aromatic carbocycles. The van der Waals surface area contributed by atoms with Crippen LogP contribution in [0.3, 0.4) is 0 Å². The Morgan fingerprint density at radius 3 is 2.32 bits per heavy atom. The minimum absolute atomic E-state index is 0.0213. The summed E-state index contributed by atoms with van der Waals surface area (Å²) in [4.78, 5) is 12.1. The summed E-state index contributed by atoms with van der Waals surface area (Å²) in [5, 5.41) is 0. The fraction of sp³-hybridized carbons (Fsp3) is 0.158. The van der Waals surface area contributed by atoms with Gasteiger partial charge in [-0.2, -0.15) is 12.8 Å². The van der Waals surface area contributed by atoms with Crippen molar-refractivity contribution < 1.29 is 17.9 Å². The van der Waals surface area contributed by atoms with Crippen molar-refractivity contribution >= 4 is 27.8 Å². The number of benzene rings is 2. The van der Waals surface area contributed by atoms with Crippen LogP contribution in [0.4, 0.5) is 0 Å². The lowest BCUT2D eigenvalue weighted by Gasteiger charge is -2.04. The van der Waals surface area contributed by atoms with Crippen LogP contribution in [0.25, 0.3) is 6.08 Å². The lowest BCUT2D eigenvalue weighted by atomic mass is 10.2.